The van der Waals surface area contributed by atoms with Gasteiger partial charge >= 0.3 is 0 Å². The minimum absolute atomic E-state index is 0.257. The highest BCUT2D eigenvalue weighted by Gasteiger charge is 2.19. The fraction of sp³-hybridized carbons (Fsp3) is 0.182. The molecule has 0 aliphatic rings. The van der Waals surface area contributed by atoms with Crippen LogP contribution in [-0.4, -0.2) is 22.7 Å². The molecule has 6 heteroatoms. The number of methoxy groups -OCH3 is 1. The number of nitrogens with two attached hydrogens (primary N) is 1. The lowest BCUT2D eigenvalue weighted by Gasteiger charge is -2.16. The molecule has 0 saturated carbocycles. The number of pyridine rings is 1. The summed E-state index contributed by atoms with van der Waals surface area (Å²) >= 11 is 0. The van der Waals surface area contributed by atoms with Crippen LogP contribution < -0.4 is 16.0 Å². The molecular weight excluding hydrogens is 356 g/mol. The van der Waals surface area contributed by atoms with Gasteiger partial charge in [0.2, 0.25) is 0 Å². The van der Waals surface area contributed by atoms with Gasteiger partial charge in [0.05, 0.1) is 13.7 Å². The number of ether oxygens (including phenoxy) is 1. The van der Waals surface area contributed by atoms with Gasteiger partial charge in [0.15, 0.2) is 0 Å². The Balaban J connectivity index is 1.99. The van der Waals surface area contributed by atoms with E-state index in [9.17, 15) is 14.7 Å². The summed E-state index contributed by atoms with van der Waals surface area (Å²) in [6, 6.07) is 18.6. The van der Waals surface area contributed by atoms with Crippen LogP contribution in [0.25, 0.3) is 0 Å². The molecule has 2 aromatic carbocycles. The maximum Gasteiger partial charge on any atom is 0.267 e. The first-order valence-electron chi connectivity index (χ1n) is 8.92. The molecule has 0 bridgehead atoms. The quantitative estimate of drug-likeness (QED) is 0.660. The molecule has 0 unspecified atom stereocenters. The van der Waals surface area contributed by atoms with E-state index in [1.165, 1.54) is 10.6 Å². The van der Waals surface area contributed by atoms with Crippen LogP contribution in [0.5, 0.6) is 11.5 Å². The molecule has 6 nitrogen and oxygen atoms in total. The second kappa shape index (κ2) is 8.43. The molecule has 0 saturated heterocycles. The zero-order chi connectivity index (χ0) is 20.1. The van der Waals surface area contributed by atoms with Crippen molar-refractivity contribution in [3.63, 3.8) is 0 Å². The summed E-state index contributed by atoms with van der Waals surface area (Å²) in [4.78, 5) is 24.5. The normalized spacial score (nSPS) is 10.6. The van der Waals surface area contributed by atoms with Gasteiger partial charge in [-0.1, -0.05) is 42.5 Å². The minimum atomic E-state index is -0.944. The Bertz CT molecular complexity index is 1020. The molecule has 1 heterocycles. The van der Waals surface area contributed by atoms with Crippen molar-refractivity contribution >= 4 is 5.91 Å². The lowest BCUT2D eigenvalue weighted by molar-refractivity contribution is 0.0995. The van der Waals surface area contributed by atoms with E-state index in [4.69, 9.17) is 10.5 Å². The zero-order valence-corrected chi connectivity index (χ0v) is 15.6. The van der Waals surface area contributed by atoms with Gasteiger partial charge in [-0.3, -0.25) is 9.59 Å². The molecule has 144 valence electrons. The first kappa shape index (κ1) is 19.2. The van der Waals surface area contributed by atoms with E-state index in [2.05, 4.69) is 0 Å². The molecule has 0 aliphatic carbocycles. The SMILES string of the molecule is COc1ccc(Cn2c(CCc3ccccc3)cc(O)c(C(N)=O)c2=O)cc1. The number of aryl methyl sites for hydroxylation is 2. The number of hydrogen-bond acceptors (Lipinski definition) is 4. The number of amides is 1. The Labute approximate surface area is 162 Å². The second-order valence-electron chi connectivity index (χ2n) is 6.49. The smallest absolute Gasteiger partial charge is 0.267 e. The number of aromatic nitrogens is 1. The van der Waals surface area contributed by atoms with Crippen LogP contribution in [-0.2, 0) is 19.4 Å². The molecule has 0 atom stereocenters. The lowest BCUT2D eigenvalue weighted by Crippen LogP contribution is -2.32. The van der Waals surface area contributed by atoms with Gasteiger partial charge in [-0.05, 0) is 36.1 Å². The molecule has 1 amide bonds. The molecule has 3 rings (SSSR count). The third-order valence-electron chi connectivity index (χ3n) is 4.62. The molecule has 0 aliphatic heterocycles. The molecule has 0 radical (unpaired) electrons. The predicted octanol–water partition coefficient (Wildman–Crippen LogP) is 2.49. The van der Waals surface area contributed by atoms with Crippen molar-refractivity contribution in [2.45, 2.75) is 19.4 Å². The van der Waals surface area contributed by atoms with Crippen LogP contribution in [0.3, 0.4) is 0 Å². The zero-order valence-electron chi connectivity index (χ0n) is 15.6. The van der Waals surface area contributed by atoms with E-state index < -0.39 is 17.0 Å². The lowest BCUT2D eigenvalue weighted by atomic mass is 10.1. The summed E-state index contributed by atoms with van der Waals surface area (Å²) in [5.41, 5.74) is 6.93. The van der Waals surface area contributed by atoms with Crippen LogP contribution in [0.15, 0.2) is 65.5 Å². The average Bonchev–Trinajstić information content (AvgIpc) is 2.69. The molecular formula is C22H22N2O4. The standard InChI is InChI=1S/C22H22N2O4/c1-28-18-11-8-16(9-12-18)14-24-17(10-7-15-5-3-2-4-6-15)13-19(25)20(21(23)26)22(24)27/h2-6,8-9,11-13,25H,7,10,14H2,1H3,(H2,23,26). The van der Waals surface area contributed by atoms with E-state index >= 15 is 0 Å². The van der Waals surface area contributed by atoms with Crippen LogP contribution in [0.1, 0.15) is 27.2 Å². The van der Waals surface area contributed by atoms with Gasteiger partial charge < -0.3 is 20.1 Å². The van der Waals surface area contributed by atoms with Gasteiger partial charge in [0, 0.05) is 11.8 Å². The van der Waals surface area contributed by atoms with Crippen molar-refractivity contribution in [2.24, 2.45) is 5.73 Å². The summed E-state index contributed by atoms with van der Waals surface area (Å²) in [6.45, 7) is 0.257. The monoisotopic (exact) mass is 378 g/mol. The highest BCUT2D eigenvalue weighted by Crippen LogP contribution is 2.19. The summed E-state index contributed by atoms with van der Waals surface area (Å²) in [6.07, 6.45) is 1.22. The Hall–Kier alpha value is -3.54. The Morgan fingerprint density at radius 3 is 2.32 bits per heavy atom. The van der Waals surface area contributed by atoms with Crippen molar-refractivity contribution in [3.05, 3.63) is 93.4 Å². The number of primary amides is 1. The third-order valence-corrected chi connectivity index (χ3v) is 4.62. The van der Waals surface area contributed by atoms with Crippen molar-refractivity contribution in [2.75, 3.05) is 7.11 Å². The minimum Gasteiger partial charge on any atom is -0.507 e. The van der Waals surface area contributed by atoms with E-state index in [1.807, 2.05) is 42.5 Å². The molecule has 3 N–H and O–H groups in total. The molecule has 1 aromatic heterocycles. The Kier molecular flexibility index (Phi) is 5.79. The first-order chi connectivity index (χ1) is 13.5. The van der Waals surface area contributed by atoms with Crippen molar-refractivity contribution in [1.82, 2.24) is 4.57 Å². The van der Waals surface area contributed by atoms with Gasteiger partial charge in [-0.25, -0.2) is 0 Å². The maximum absolute atomic E-state index is 12.9. The van der Waals surface area contributed by atoms with E-state index in [0.717, 1.165) is 11.1 Å². The fourth-order valence-corrected chi connectivity index (χ4v) is 3.13. The highest BCUT2D eigenvalue weighted by atomic mass is 16.5. The Morgan fingerprint density at radius 1 is 1.04 bits per heavy atom. The van der Waals surface area contributed by atoms with Crippen molar-refractivity contribution in [1.29, 1.82) is 0 Å². The van der Waals surface area contributed by atoms with E-state index in [-0.39, 0.29) is 12.3 Å². The van der Waals surface area contributed by atoms with Crippen LogP contribution >= 0.6 is 0 Å². The van der Waals surface area contributed by atoms with Gasteiger partial charge in [0.1, 0.15) is 17.1 Å². The molecule has 0 spiro atoms. The summed E-state index contributed by atoms with van der Waals surface area (Å²) in [7, 11) is 1.58. The van der Waals surface area contributed by atoms with Crippen molar-refractivity contribution < 1.29 is 14.6 Å². The summed E-state index contributed by atoms with van der Waals surface area (Å²) in [5, 5.41) is 10.2. The van der Waals surface area contributed by atoms with Gasteiger partial charge in [-0.15, -0.1) is 0 Å². The second-order valence-corrected chi connectivity index (χ2v) is 6.49. The fourth-order valence-electron chi connectivity index (χ4n) is 3.13. The summed E-state index contributed by atoms with van der Waals surface area (Å²) < 4.78 is 6.65. The predicted molar refractivity (Wildman–Crippen MR) is 107 cm³/mol. The largest absolute Gasteiger partial charge is 0.507 e. The third kappa shape index (κ3) is 4.23. The van der Waals surface area contributed by atoms with Crippen LogP contribution in [0.4, 0.5) is 0 Å². The number of aromatic hydroxyl groups is 1. The van der Waals surface area contributed by atoms with Crippen LogP contribution in [0, 0.1) is 0 Å². The molecule has 28 heavy (non-hydrogen) atoms. The van der Waals surface area contributed by atoms with E-state index in [1.54, 1.807) is 19.2 Å². The average molecular weight is 378 g/mol. The van der Waals surface area contributed by atoms with Gasteiger partial charge in [0.25, 0.3) is 11.5 Å². The number of benzene rings is 2. The number of hydrogen-bond donors (Lipinski definition) is 2. The van der Waals surface area contributed by atoms with Crippen LogP contribution in [0.2, 0.25) is 0 Å². The van der Waals surface area contributed by atoms with Gasteiger partial charge in [-0.2, -0.15) is 0 Å². The number of rotatable bonds is 7. The molecule has 3 aromatic rings. The summed E-state index contributed by atoms with van der Waals surface area (Å²) in [5.74, 6) is -0.615. The maximum atomic E-state index is 12.9. The molecule has 0 fully saturated rings. The highest BCUT2D eigenvalue weighted by molar-refractivity contribution is 5.95. The Morgan fingerprint density at radius 2 is 1.71 bits per heavy atom. The van der Waals surface area contributed by atoms with Crippen molar-refractivity contribution in [3.8, 4) is 11.5 Å². The number of carbonyl (C=O) groups excluding carboxylic acids is 1. The topological polar surface area (TPSA) is 94.5 Å². The first-order valence-corrected chi connectivity index (χ1v) is 8.92. The number of carbonyl (C=O) groups is 1. The number of nitrogens with zero attached hydrogens (tertiary/aromatic N) is 1. The van der Waals surface area contributed by atoms with E-state index in [0.29, 0.717) is 24.3 Å².